The number of benzene rings is 1. The molecule has 1 saturated heterocycles. The average molecular weight is 463 g/mol. The van der Waals surface area contributed by atoms with Crippen molar-refractivity contribution in [2.24, 2.45) is 5.92 Å². The van der Waals surface area contributed by atoms with E-state index in [0.29, 0.717) is 36.8 Å². The molecule has 8 heteroatoms. The summed E-state index contributed by atoms with van der Waals surface area (Å²) in [5.74, 6) is 1.52. The van der Waals surface area contributed by atoms with E-state index in [2.05, 4.69) is 25.8 Å². The van der Waals surface area contributed by atoms with E-state index in [-0.39, 0.29) is 11.7 Å². The lowest BCUT2D eigenvalue weighted by Crippen LogP contribution is -2.27. The number of hydrogen-bond donors (Lipinski definition) is 3. The minimum Gasteiger partial charge on any atom is -0.369 e. The standard InChI is InChI=1S/C26H31FN6O/c1-28-15-21-10-13-33(18-21)24-8-7-23(26(34)31-17-20-5-3-11-29-16-20)25(32-24)30-12-9-19-4-2-6-22(27)14-19/h2-8,11,14,16,21,28H,9-10,12-13,15,17-18H2,1H3,(H,30,32)(H,31,34)/t21-/m0/s1. The van der Waals surface area contributed by atoms with Crippen molar-refractivity contribution in [1.82, 2.24) is 20.6 Å². The second-order valence-electron chi connectivity index (χ2n) is 8.57. The molecule has 2 aromatic heterocycles. The van der Waals surface area contributed by atoms with Crippen LogP contribution in [0.25, 0.3) is 0 Å². The Hall–Kier alpha value is -3.52. The number of rotatable bonds is 10. The molecule has 0 saturated carbocycles. The van der Waals surface area contributed by atoms with Gasteiger partial charge in [0.05, 0.1) is 5.56 Å². The minimum atomic E-state index is -0.252. The molecular weight excluding hydrogens is 431 g/mol. The molecule has 1 amide bonds. The fourth-order valence-corrected chi connectivity index (χ4v) is 4.24. The summed E-state index contributed by atoms with van der Waals surface area (Å²) >= 11 is 0. The van der Waals surface area contributed by atoms with Crippen molar-refractivity contribution in [3.63, 3.8) is 0 Å². The molecule has 3 N–H and O–H groups in total. The second-order valence-corrected chi connectivity index (χ2v) is 8.57. The first kappa shape index (κ1) is 23.6. The fourth-order valence-electron chi connectivity index (χ4n) is 4.24. The largest absolute Gasteiger partial charge is 0.369 e. The molecule has 1 atom stereocenters. The van der Waals surface area contributed by atoms with Crippen LogP contribution in [-0.2, 0) is 13.0 Å². The zero-order valence-corrected chi connectivity index (χ0v) is 19.4. The Labute approximate surface area is 199 Å². The molecular formula is C26H31FN6O. The van der Waals surface area contributed by atoms with Gasteiger partial charge in [-0.3, -0.25) is 9.78 Å². The van der Waals surface area contributed by atoms with E-state index in [0.717, 1.165) is 43.0 Å². The van der Waals surface area contributed by atoms with Gasteiger partial charge in [0.25, 0.3) is 5.91 Å². The Kier molecular flexibility index (Phi) is 8.04. The Morgan fingerprint density at radius 3 is 2.85 bits per heavy atom. The Balaban J connectivity index is 1.48. The molecule has 0 unspecified atom stereocenters. The second kappa shape index (κ2) is 11.6. The summed E-state index contributed by atoms with van der Waals surface area (Å²) in [6.07, 6.45) is 5.16. The molecule has 4 rings (SSSR count). The molecule has 1 aliphatic heterocycles. The van der Waals surface area contributed by atoms with Gasteiger partial charge in [-0.05, 0) is 73.8 Å². The zero-order chi connectivity index (χ0) is 23.8. The molecule has 0 aliphatic carbocycles. The van der Waals surface area contributed by atoms with Gasteiger partial charge in [0.2, 0.25) is 0 Å². The van der Waals surface area contributed by atoms with E-state index in [9.17, 15) is 9.18 Å². The summed E-state index contributed by atoms with van der Waals surface area (Å²) in [7, 11) is 1.97. The highest BCUT2D eigenvalue weighted by molar-refractivity contribution is 5.99. The van der Waals surface area contributed by atoms with Crippen LogP contribution in [0.15, 0.2) is 60.9 Å². The monoisotopic (exact) mass is 462 g/mol. The van der Waals surface area contributed by atoms with Gasteiger partial charge >= 0.3 is 0 Å². The van der Waals surface area contributed by atoms with Crippen molar-refractivity contribution in [2.75, 3.05) is 43.4 Å². The molecule has 3 aromatic rings. The fraction of sp³-hybridized carbons (Fsp3) is 0.346. The van der Waals surface area contributed by atoms with Gasteiger partial charge in [-0.1, -0.05) is 18.2 Å². The van der Waals surface area contributed by atoms with Crippen LogP contribution in [0.2, 0.25) is 0 Å². The molecule has 178 valence electrons. The summed E-state index contributed by atoms with van der Waals surface area (Å²) in [6.45, 7) is 3.77. The van der Waals surface area contributed by atoms with Gasteiger partial charge in [-0.2, -0.15) is 0 Å². The van der Waals surface area contributed by atoms with Crippen LogP contribution in [0.1, 0.15) is 27.9 Å². The highest BCUT2D eigenvalue weighted by Gasteiger charge is 2.24. The van der Waals surface area contributed by atoms with Crippen LogP contribution in [0.4, 0.5) is 16.0 Å². The Morgan fingerprint density at radius 1 is 1.18 bits per heavy atom. The van der Waals surface area contributed by atoms with Gasteiger partial charge in [0, 0.05) is 38.6 Å². The van der Waals surface area contributed by atoms with Gasteiger partial charge in [-0.15, -0.1) is 0 Å². The lowest BCUT2D eigenvalue weighted by molar-refractivity contribution is 0.0951. The number of amides is 1. The van der Waals surface area contributed by atoms with Gasteiger partial charge in [0.15, 0.2) is 0 Å². The van der Waals surface area contributed by atoms with Crippen LogP contribution in [0, 0.1) is 11.7 Å². The summed E-state index contributed by atoms with van der Waals surface area (Å²) in [6, 6.07) is 14.1. The highest BCUT2D eigenvalue weighted by atomic mass is 19.1. The van der Waals surface area contributed by atoms with Crippen LogP contribution < -0.4 is 20.9 Å². The number of halogens is 1. The number of anilines is 2. The van der Waals surface area contributed by atoms with Crippen molar-refractivity contribution in [1.29, 1.82) is 0 Å². The predicted molar refractivity (Wildman–Crippen MR) is 132 cm³/mol. The first-order valence-electron chi connectivity index (χ1n) is 11.7. The lowest BCUT2D eigenvalue weighted by atomic mass is 10.1. The molecule has 0 bridgehead atoms. The first-order valence-corrected chi connectivity index (χ1v) is 11.7. The molecule has 0 spiro atoms. The topological polar surface area (TPSA) is 82.2 Å². The van der Waals surface area contributed by atoms with Crippen molar-refractivity contribution in [2.45, 2.75) is 19.4 Å². The smallest absolute Gasteiger partial charge is 0.255 e. The van der Waals surface area contributed by atoms with E-state index in [4.69, 9.17) is 4.98 Å². The number of aromatic nitrogens is 2. The van der Waals surface area contributed by atoms with Crippen LogP contribution in [-0.4, -0.2) is 49.1 Å². The van der Waals surface area contributed by atoms with Crippen molar-refractivity contribution < 1.29 is 9.18 Å². The molecule has 1 aliphatic rings. The Bertz CT molecular complexity index is 1090. The van der Waals surface area contributed by atoms with E-state index >= 15 is 0 Å². The number of nitrogens with one attached hydrogen (secondary N) is 3. The summed E-state index contributed by atoms with van der Waals surface area (Å²) in [5.41, 5.74) is 2.30. The molecule has 3 heterocycles. The van der Waals surface area contributed by atoms with E-state index in [1.165, 1.54) is 12.1 Å². The molecule has 0 radical (unpaired) electrons. The molecule has 1 fully saturated rings. The summed E-state index contributed by atoms with van der Waals surface area (Å²) in [5, 5.41) is 9.52. The Morgan fingerprint density at radius 2 is 2.06 bits per heavy atom. The van der Waals surface area contributed by atoms with Crippen molar-refractivity contribution >= 4 is 17.5 Å². The maximum Gasteiger partial charge on any atom is 0.255 e. The SMILES string of the molecule is CNC[C@@H]1CCN(c2ccc(C(=O)NCc3cccnc3)c(NCCc3cccc(F)c3)n2)C1. The van der Waals surface area contributed by atoms with Crippen LogP contribution in [0.5, 0.6) is 0 Å². The maximum absolute atomic E-state index is 13.5. The molecule has 7 nitrogen and oxygen atoms in total. The van der Waals surface area contributed by atoms with Gasteiger partial charge in [-0.25, -0.2) is 9.37 Å². The van der Waals surface area contributed by atoms with Gasteiger partial charge < -0.3 is 20.9 Å². The summed E-state index contributed by atoms with van der Waals surface area (Å²) in [4.78, 5) is 24.2. The van der Waals surface area contributed by atoms with E-state index in [1.54, 1.807) is 18.5 Å². The number of pyridine rings is 2. The maximum atomic E-state index is 13.5. The number of carbonyl (C=O) groups excluding carboxylic acids is 1. The lowest BCUT2D eigenvalue weighted by Gasteiger charge is -2.20. The number of hydrogen-bond acceptors (Lipinski definition) is 6. The average Bonchev–Trinajstić information content (AvgIpc) is 3.32. The third-order valence-corrected chi connectivity index (χ3v) is 6.00. The summed E-state index contributed by atoms with van der Waals surface area (Å²) < 4.78 is 13.5. The minimum absolute atomic E-state index is 0.203. The number of carbonyl (C=O) groups is 1. The third kappa shape index (κ3) is 6.29. The van der Waals surface area contributed by atoms with Crippen LogP contribution >= 0.6 is 0 Å². The van der Waals surface area contributed by atoms with Crippen molar-refractivity contribution in [3.05, 3.63) is 83.4 Å². The zero-order valence-electron chi connectivity index (χ0n) is 19.4. The normalized spacial score (nSPS) is 15.4. The quantitative estimate of drug-likeness (QED) is 0.429. The van der Waals surface area contributed by atoms with E-state index in [1.807, 2.05) is 37.4 Å². The van der Waals surface area contributed by atoms with Crippen LogP contribution in [0.3, 0.4) is 0 Å². The van der Waals surface area contributed by atoms with Gasteiger partial charge in [0.1, 0.15) is 17.5 Å². The van der Waals surface area contributed by atoms with E-state index < -0.39 is 0 Å². The highest BCUT2D eigenvalue weighted by Crippen LogP contribution is 2.25. The predicted octanol–water partition coefficient (Wildman–Crippen LogP) is 3.25. The first-order chi connectivity index (χ1) is 16.6. The third-order valence-electron chi connectivity index (χ3n) is 6.00. The number of nitrogens with zero attached hydrogens (tertiary/aromatic N) is 3. The van der Waals surface area contributed by atoms with Crippen molar-refractivity contribution in [3.8, 4) is 0 Å². The molecule has 1 aromatic carbocycles. The molecule has 34 heavy (non-hydrogen) atoms.